The highest BCUT2D eigenvalue weighted by atomic mass is 35.5. The molecule has 0 bridgehead atoms. The summed E-state index contributed by atoms with van der Waals surface area (Å²) in [6.45, 7) is 5.56. The number of halogens is 2. The summed E-state index contributed by atoms with van der Waals surface area (Å²) in [5.41, 5.74) is 13.7. The van der Waals surface area contributed by atoms with Crippen LogP contribution in [0.25, 0.3) is 60.0 Å². The molecule has 0 aliphatic rings. The van der Waals surface area contributed by atoms with Gasteiger partial charge in [-0.15, -0.1) is 22.7 Å². The van der Waals surface area contributed by atoms with E-state index in [2.05, 4.69) is 6.58 Å². The van der Waals surface area contributed by atoms with E-state index < -0.39 is 23.8 Å². The summed E-state index contributed by atoms with van der Waals surface area (Å²) >= 11 is 15.6. The summed E-state index contributed by atoms with van der Waals surface area (Å²) in [7, 11) is 2.73. The molecule has 3 aromatic carbocycles. The number of rotatable bonds is 13. The Bertz CT molecular complexity index is 2920. The zero-order valence-corrected chi connectivity index (χ0v) is 33.3. The third kappa shape index (κ3) is 6.36. The molecule has 0 atom stereocenters. The van der Waals surface area contributed by atoms with Gasteiger partial charge in [-0.2, -0.15) is 0 Å². The van der Waals surface area contributed by atoms with Crippen molar-refractivity contribution in [3.63, 3.8) is 0 Å². The van der Waals surface area contributed by atoms with Crippen LogP contribution in [0.2, 0.25) is 5.02 Å². The number of aromatic carboxylic acids is 2. The van der Waals surface area contributed by atoms with E-state index in [0.29, 0.717) is 36.6 Å². The molecule has 290 valence electrons. The van der Waals surface area contributed by atoms with Crippen LogP contribution in [0.3, 0.4) is 0 Å². The van der Waals surface area contributed by atoms with Gasteiger partial charge in [0, 0.05) is 38.6 Å². The van der Waals surface area contributed by atoms with E-state index in [1.165, 1.54) is 32.4 Å². The number of imidazole rings is 2. The number of carboxylic acids is 2. The molecule has 0 saturated heterocycles. The average Bonchev–Trinajstić information content (AvgIpc) is 3.93. The van der Waals surface area contributed by atoms with E-state index in [1.807, 2.05) is 0 Å². The number of methoxy groups -OCH3 is 2. The largest absolute Gasteiger partial charge is 0.494 e. The Hall–Kier alpha value is -6.20. The molecule has 4 aromatic heterocycles. The predicted molar refractivity (Wildman–Crippen MR) is 221 cm³/mol. The number of aryl methyl sites for hydroxylation is 3. The Labute approximate surface area is 340 Å². The van der Waals surface area contributed by atoms with Gasteiger partial charge in [-0.25, -0.2) is 19.6 Å². The number of carboxylic acid groups (broad SMARTS) is 2. The number of thiophene rings is 2. The van der Waals surface area contributed by atoms with Crippen molar-refractivity contribution in [2.24, 2.45) is 11.5 Å². The normalized spacial score (nSPS) is 11.8. The van der Waals surface area contributed by atoms with Crippen molar-refractivity contribution in [1.29, 1.82) is 0 Å². The van der Waals surface area contributed by atoms with Crippen LogP contribution < -0.4 is 20.9 Å². The molecule has 0 unspecified atom stereocenters. The van der Waals surface area contributed by atoms with E-state index in [1.54, 1.807) is 52.5 Å². The molecule has 14 nitrogen and oxygen atoms in total. The van der Waals surface area contributed by atoms with Crippen molar-refractivity contribution in [2.75, 3.05) is 14.2 Å². The number of aromatic nitrogens is 4. The highest BCUT2D eigenvalue weighted by Gasteiger charge is 2.31. The zero-order valence-electron chi connectivity index (χ0n) is 30.2. The lowest BCUT2D eigenvalue weighted by molar-refractivity contribution is 0.0692. The number of carbonyl (C=O) groups excluding carboxylic acids is 2. The fourth-order valence-electron chi connectivity index (χ4n) is 7.02. The lowest BCUT2D eigenvalue weighted by atomic mass is 10.1. The Kier molecular flexibility index (Phi) is 10.3. The molecule has 7 aromatic rings. The van der Waals surface area contributed by atoms with Crippen LogP contribution in [0.4, 0.5) is 0 Å². The molecule has 4 heterocycles. The molecule has 0 aliphatic carbocycles. The molecule has 0 fully saturated rings. The number of hydrogen-bond donors (Lipinski definition) is 4. The minimum atomic E-state index is -1.22. The first-order chi connectivity index (χ1) is 27.2. The third-order valence-corrected chi connectivity index (χ3v) is 12.2. The summed E-state index contributed by atoms with van der Waals surface area (Å²) in [6, 6.07) is 11.3. The van der Waals surface area contributed by atoms with Crippen LogP contribution in [0.15, 0.2) is 61.2 Å². The third-order valence-electron chi connectivity index (χ3n) is 9.32. The van der Waals surface area contributed by atoms with E-state index in [4.69, 9.17) is 54.1 Å². The maximum absolute atomic E-state index is 12.8. The first kappa shape index (κ1) is 39.1. The van der Waals surface area contributed by atoms with Gasteiger partial charge in [0.05, 0.1) is 52.5 Å². The number of carbonyl (C=O) groups is 4. The number of primary amides is 2. The van der Waals surface area contributed by atoms with Gasteiger partial charge in [-0.3, -0.25) is 9.59 Å². The lowest BCUT2D eigenvalue weighted by Gasteiger charge is -2.15. The number of ether oxygens (including phenoxy) is 2. The lowest BCUT2D eigenvalue weighted by Crippen LogP contribution is -2.13. The molecular formula is C39H30Cl2N6O8S2. The topological polar surface area (TPSA) is 215 Å². The number of allylic oxidation sites excluding steroid dienone is 2. The van der Waals surface area contributed by atoms with Crippen molar-refractivity contribution in [2.45, 2.75) is 20.0 Å². The number of nitrogens with two attached hydrogens (primary N) is 2. The van der Waals surface area contributed by atoms with Crippen molar-refractivity contribution in [3.05, 3.63) is 97.5 Å². The second-order valence-electron chi connectivity index (χ2n) is 12.4. The Morgan fingerprint density at radius 1 is 0.825 bits per heavy atom. The van der Waals surface area contributed by atoms with Gasteiger partial charge in [0.1, 0.15) is 32.4 Å². The van der Waals surface area contributed by atoms with E-state index in [-0.39, 0.29) is 84.3 Å². The van der Waals surface area contributed by atoms with Gasteiger partial charge in [0.25, 0.3) is 11.8 Å². The quantitative estimate of drug-likeness (QED) is 0.0820. The van der Waals surface area contributed by atoms with Gasteiger partial charge < -0.3 is 40.3 Å². The predicted octanol–water partition coefficient (Wildman–Crippen LogP) is 8.04. The zero-order chi connectivity index (χ0) is 41.0. The fourth-order valence-corrected chi connectivity index (χ4v) is 9.80. The van der Waals surface area contributed by atoms with Gasteiger partial charge in [-0.05, 0) is 49.4 Å². The van der Waals surface area contributed by atoms with Gasteiger partial charge in [0.2, 0.25) is 0 Å². The standard InChI is InChI=1S/C39H30Cl2N6O8S2/c1-5-7-19(40)24-16(2)56-32(38(50)51)26(24)36-44-28-21(12-10-17(34(42)48)30(28)54-3)46(36)14-15-47-22-13-11-18(35(43)49)31(55-4)29(22)45-37(47)27-25-20(41)8-6-9-23(25)57-33(27)39(52)53/h5-13H,1,14-15H2,2-4H3,(H2,42,48)(H2,43,49)(H,50,51)(H,52,53)/b19-7+. The second-order valence-corrected chi connectivity index (χ2v) is 15.5. The summed E-state index contributed by atoms with van der Waals surface area (Å²) in [5.74, 6) is -3.46. The van der Waals surface area contributed by atoms with Crippen LogP contribution in [0.1, 0.15) is 50.5 Å². The van der Waals surface area contributed by atoms with Crippen LogP contribution in [0.5, 0.6) is 11.5 Å². The molecule has 57 heavy (non-hydrogen) atoms. The smallest absolute Gasteiger partial charge is 0.346 e. The summed E-state index contributed by atoms with van der Waals surface area (Å²) in [4.78, 5) is 61.0. The molecule has 0 radical (unpaired) electrons. The monoisotopic (exact) mass is 844 g/mol. The number of nitrogens with zero attached hydrogens (tertiary/aromatic N) is 4. The van der Waals surface area contributed by atoms with Gasteiger partial charge in [0.15, 0.2) is 11.5 Å². The second kappa shape index (κ2) is 15.0. The summed E-state index contributed by atoms with van der Waals surface area (Å²) in [6.07, 6.45) is 3.02. The van der Waals surface area contributed by atoms with Crippen LogP contribution in [-0.4, -0.2) is 67.3 Å². The van der Waals surface area contributed by atoms with Gasteiger partial charge >= 0.3 is 11.9 Å². The van der Waals surface area contributed by atoms with Crippen molar-refractivity contribution >= 4 is 107 Å². The molecule has 6 N–H and O–H groups in total. The van der Waals surface area contributed by atoms with Crippen LogP contribution >= 0.6 is 45.9 Å². The number of hydrogen-bond acceptors (Lipinski definition) is 10. The van der Waals surface area contributed by atoms with Crippen molar-refractivity contribution in [3.8, 4) is 34.3 Å². The van der Waals surface area contributed by atoms with Crippen molar-refractivity contribution < 1.29 is 38.9 Å². The molecule has 0 spiro atoms. The van der Waals surface area contributed by atoms with E-state index in [0.717, 1.165) is 22.7 Å². The molecule has 7 rings (SSSR count). The van der Waals surface area contributed by atoms with Gasteiger partial charge in [-0.1, -0.05) is 41.9 Å². The maximum atomic E-state index is 12.8. The highest BCUT2D eigenvalue weighted by molar-refractivity contribution is 7.21. The Balaban J connectivity index is 1.56. The maximum Gasteiger partial charge on any atom is 0.346 e. The first-order valence-corrected chi connectivity index (χ1v) is 19.2. The molecule has 0 aliphatic heterocycles. The number of fused-ring (bicyclic) bond motifs is 3. The van der Waals surface area contributed by atoms with E-state index in [9.17, 15) is 29.4 Å². The minimum absolute atomic E-state index is 0.0330. The van der Waals surface area contributed by atoms with E-state index >= 15 is 0 Å². The SMILES string of the molecule is C=C/C=C(/Cl)c1c(C)sc(C(=O)O)c1-c1nc2c(OC)c(C(N)=O)ccc2n1CCn1c(-c2c(C(=O)O)sc3cccc(Cl)c23)nc2c(OC)c(C(N)=O)ccc21. The Morgan fingerprint density at radius 3 is 1.81 bits per heavy atom. The van der Waals surface area contributed by atoms with Crippen molar-refractivity contribution in [1.82, 2.24) is 19.1 Å². The minimum Gasteiger partial charge on any atom is -0.494 e. The Morgan fingerprint density at radius 2 is 1.33 bits per heavy atom. The fraction of sp³-hybridized carbons (Fsp3) is 0.128. The number of amides is 2. The number of benzene rings is 3. The molecular weight excluding hydrogens is 816 g/mol. The molecule has 18 heteroatoms. The molecule has 0 saturated carbocycles. The molecule has 2 amide bonds. The van der Waals surface area contributed by atoms with Crippen LogP contribution in [-0.2, 0) is 13.1 Å². The first-order valence-electron chi connectivity index (χ1n) is 16.8. The highest BCUT2D eigenvalue weighted by Crippen LogP contribution is 2.46. The summed E-state index contributed by atoms with van der Waals surface area (Å²) in [5, 5.41) is 21.9. The average molecular weight is 846 g/mol. The summed E-state index contributed by atoms with van der Waals surface area (Å²) < 4.78 is 15.4. The van der Waals surface area contributed by atoms with Crippen LogP contribution in [0, 0.1) is 6.92 Å².